The number of carbonyl (C=O) groups excluding carboxylic acids is 1. The fourth-order valence-corrected chi connectivity index (χ4v) is 10.8. The number of oxime groups is 1. The van der Waals surface area contributed by atoms with E-state index >= 15 is 4.79 Å². The third-order valence-corrected chi connectivity index (χ3v) is 14.1. The molecule has 0 radical (unpaired) electrons. The molecular formula is C57H79FN2O9. The molecule has 3 aromatic rings. The smallest absolute Gasteiger partial charge is 0.239 e. The average molecular weight is 955 g/mol. The van der Waals surface area contributed by atoms with Crippen LogP contribution in [-0.4, -0.2) is 89.9 Å². The molecule has 3 N–H and O–H groups in total. The number of unbranched alkanes of at least 4 members (excludes halogenated alkanes) is 10. The summed E-state index contributed by atoms with van der Waals surface area (Å²) in [4.78, 5) is 23.2. The van der Waals surface area contributed by atoms with Crippen molar-refractivity contribution in [3.63, 3.8) is 0 Å². The highest BCUT2D eigenvalue weighted by Crippen LogP contribution is 2.62. The van der Waals surface area contributed by atoms with Crippen molar-refractivity contribution in [3.8, 4) is 11.5 Å². The van der Waals surface area contributed by atoms with Crippen LogP contribution in [-0.2, 0) is 32.3 Å². The van der Waals surface area contributed by atoms with Crippen LogP contribution in [0.1, 0.15) is 139 Å². The Morgan fingerprint density at radius 2 is 1.58 bits per heavy atom. The van der Waals surface area contributed by atoms with Crippen LogP contribution in [0.15, 0.2) is 102 Å². The normalized spacial score (nSPS) is 22.0. The van der Waals surface area contributed by atoms with Gasteiger partial charge in [-0.2, -0.15) is 0 Å². The van der Waals surface area contributed by atoms with E-state index in [-0.39, 0.29) is 95.3 Å². The van der Waals surface area contributed by atoms with Crippen LogP contribution in [0.5, 0.6) is 11.5 Å². The Hall–Kier alpha value is -4.59. The maximum atomic E-state index is 15.0. The maximum Gasteiger partial charge on any atom is 0.239 e. The minimum Gasteiger partial charge on any atom is -0.489 e. The molecule has 69 heavy (non-hydrogen) atoms. The van der Waals surface area contributed by atoms with Crippen LogP contribution in [0.4, 0.5) is 4.39 Å². The number of halogens is 1. The number of nitrogens with zero attached hydrogens (tertiary/aromatic N) is 2. The summed E-state index contributed by atoms with van der Waals surface area (Å²) < 4.78 is 41.7. The van der Waals surface area contributed by atoms with Gasteiger partial charge in [0.1, 0.15) is 36.6 Å². The van der Waals surface area contributed by atoms with Gasteiger partial charge in [0, 0.05) is 49.6 Å². The van der Waals surface area contributed by atoms with Crippen molar-refractivity contribution in [1.82, 2.24) is 4.90 Å². The molecular weight excluding hydrogens is 876 g/mol. The molecule has 1 saturated carbocycles. The van der Waals surface area contributed by atoms with Gasteiger partial charge in [-0.05, 0) is 79.3 Å². The molecule has 0 saturated heterocycles. The van der Waals surface area contributed by atoms with E-state index in [2.05, 4.69) is 19.6 Å². The van der Waals surface area contributed by atoms with E-state index in [0.717, 1.165) is 68.1 Å². The predicted molar refractivity (Wildman–Crippen MR) is 268 cm³/mol. The number of hydrogen-bond donors (Lipinski definition) is 3. The minimum atomic E-state index is -1.43. The topological polar surface area (TPSA) is 140 Å². The molecule has 1 fully saturated rings. The van der Waals surface area contributed by atoms with E-state index < -0.39 is 17.7 Å². The lowest BCUT2D eigenvalue weighted by Gasteiger charge is -2.60. The molecule has 1 aliphatic heterocycles. The second kappa shape index (κ2) is 28.9. The second-order valence-corrected chi connectivity index (χ2v) is 18.9. The number of allylic oxidation sites excluding steroid dienone is 1. The number of amides is 1. The molecule has 2 aliphatic carbocycles. The molecule has 3 aliphatic rings. The molecule has 11 nitrogen and oxygen atoms in total. The fraction of sp³-hybridized carbons (Fsp3) is 0.579. The summed E-state index contributed by atoms with van der Waals surface area (Å²) in [5.41, 5.74) is 3.97. The first-order chi connectivity index (χ1) is 33.9. The highest BCUT2D eigenvalue weighted by molar-refractivity contribution is 6.03. The SMILES string of the molecule is C=CCO[C@@]12Oc3ccc(OCc4ccccc4F)cc3[C@H]3[C@H](CCCCO)[C@@H](CCCCO)C=C(C(=NOCc4ccccc4)C[C@@H]1N(CCOCCO)C(=O)CCCCCCCCCCC)[C@H]32. The van der Waals surface area contributed by atoms with Gasteiger partial charge in [0.2, 0.25) is 11.7 Å². The van der Waals surface area contributed by atoms with Gasteiger partial charge in [-0.1, -0.05) is 137 Å². The first-order valence-corrected chi connectivity index (χ1v) is 26.0. The quantitative estimate of drug-likeness (QED) is 0.0309. The van der Waals surface area contributed by atoms with Crippen molar-refractivity contribution in [3.05, 3.63) is 120 Å². The van der Waals surface area contributed by atoms with Gasteiger partial charge in [-0.15, -0.1) is 6.58 Å². The summed E-state index contributed by atoms with van der Waals surface area (Å²) in [6.45, 7) is 7.32. The van der Waals surface area contributed by atoms with E-state index in [0.29, 0.717) is 42.0 Å². The average Bonchev–Trinajstić information content (AvgIpc) is 3.36. The Labute approximate surface area is 410 Å². The molecule has 0 aromatic heterocycles. The van der Waals surface area contributed by atoms with Crippen LogP contribution < -0.4 is 9.47 Å². The Bertz CT molecular complexity index is 2060. The summed E-state index contributed by atoms with van der Waals surface area (Å²) in [7, 11) is 0. The van der Waals surface area contributed by atoms with Gasteiger partial charge < -0.3 is 44.0 Å². The van der Waals surface area contributed by atoms with Crippen molar-refractivity contribution >= 4 is 11.6 Å². The van der Waals surface area contributed by atoms with E-state index in [4.69, 9.17) is 28.9 Å². The Morgan fingerprint density at radius 3 is 2.30 bits per heavy atom. The van der Waals surface area contributed by atoms with E-state index in [1.165, 1.54) is 38.2 Å². The molecule has 1 amide bonds. The second-order valence-electron chi connectivity index (χ2n) is 18.9. The monoisotopic (exact) mass is 955 g/mol. The Kier molecular flexibility index (Phi) is 22.5. The van der Waals surface area contributed by atoms with Crippen molar-refractivity contribution in [2.24, 2.45) is 22.9 Å². The first kappa shape index (κ1) is 53.8. The number of ether oxygens (including phenoxy) is 4. The summed E-state index contributed by atoms with van der Waals surface area (Å²) in [6.07, 6.45) is 19.3. The predicted octanol–water partition coefficient (Wildman–Crippen LogP) is 11.0. The van der Waals surface area contributed by atoms with Gasteiger partial charge in [-0.25, -0.2) is 4.39 Å². The summed E-state index contributed by atoms with van der Waals surface area (Å²) in [6, 6.07) is 21.6. The molecule has 0 bridgehead atoms. The number of aliphatic hydroxyl groups is 3. The molecule has 0 unspecified atom stereocenters. The zero-order valence-electron chi connectivity index (χ0n) is 41.1. The molecule has 3 aromatic carbocycles. The zero-order valence-corrected chi connectivity index (χ0v) is 41.1. The van der Waals surface area contributed by atoms with E-state index in [1.807, 2.05) is 53.4 Å². The van der Waals surface area contributed by atoms with Gasteiger partial charge in [0.25, 0.3) is 0 Å². The lowest BCUT2D eigenvalue weighted by atomic mass is 9.55. The molecule has 6 atom stereocenters. The summed E-state index contributed by atoms with van der Waals surface area (Å²) in [5, 5.41) is 34.7. The van der Waals surface area contributed by atoms with Gasteiger partial charge in [0.05, 0.1) is 38.1 Å². The number of fused-ring (bicyclic) bond motifs is 2. The van der Waals surface area contributed by atoms with Crippen LogP contribution in [0.3, 0.4) is 0 Å². The van der Waals surface area contributed by atoms with Crippen molar-refractivity contribution in [1.29, 1.82) is 0 Å². The van der Waals surface area contributed by atoms with Crippen LogP contribution in [0, 0.1) is 23.6 Å². The zero-order chi connectivity index (χ0) is 48.7. The van der Waals surface area contributed by atoms with Crippen LogP contribution >= 0.6 is 0 Å². The largest absolute Gasteiger partial charge is 0.489 e. The standard InChI is InChI=1S/C57H79FN2O9/c1-3-5-6-7-8-9-10-11-15-28-54(64)60(31-36-65-37-34-63)53-40-51(59-68-41-43-22-13-12-14-23-43)48-38-44(24-18-20-32-61)47(26-19-21-33-62)55-49-39-46(66-42-45-25-16-17-27-50(45)58)29-30-52(49)69-57(53,56(48)55)67-35-4-2/h4,12-14,16-17,22-23,25,27,29-30,38-39,44,47,53,55-56,61-63H,2-3,5-11,15,18-21,24,26,28,31-37,40-42H2,1H3/t44-,47+,53-,55+,56+,57+/m0/s1. The number of carbonyl (C=O) groups is 1. The molecule has 6 rings (SSSR count). The van der Waals surface area contributed by atoms with Crippen LogP contribution in [0.2, 0.25) is 0 Å². The highest BCUT2D eigenvalue weighted by atomic mass is 19.1. The van der Waals surface area contributed by atoms with E-state index in [9.17, 15) is 19.7 Å². The maximum absolute atomic E-state index is 15.0. The van der Waals surface area contributed by atoms with Gasteiger partial charge in [0.15, 0.2) is 0 Å². The third-order valence-electron chi connectivity index (χ3n) is 14.1. The molecule has 12 heteroatoms. The number of aliphatic hydroxyl groups excluding tert-OH is 3. The van der Waals surface area contributed by atoms with Gasteiger partial charge in [-0.3, -0.25) is 4.79 Å². The first-order valence-electron chi connectivity index (χ1n) is 26.0. The van der Waals surface area contributed by atoms with Crippen molar-refractivity contribution in [2.75, 3.05) is 46.2 Å². The number of hydrogen-bond acceptors (Lipinski definition) is 10. The molecule has 1 heterocycles. The third kappa shape index (κ3) is 14.7. The number of benzene rings is 3. The Balaban J connectivity index is 1.48. The number of rotatable bonds is 33. The fourth-order valence-electron chi connectivity index (χ4n) is 10.8. The molecule has 0 spiro atoms. The van der Waals surface area contributed by atoms with E-state index in [1.54, 1.807) is 24.3 Å². The lowest BCUT2D eigenvalue weighted by molar-refractivity contribution is -0.258. The summed E-state index contributed by atoms with van der Waals surface area (Å²) >= 11 is 0. The van der Waals surface area contributed by atoms with Crippen LogP contribution in [0.25, 0.3) is 0 Å². The summed E-state index contributed by atoms with van der Waals surface area (Å²) in [5.74, 6) is -1.32. The molecule has 378 valence electrons. The highest BCUT2D eigenvalue weighted by Gasteiger charge is 2.65. The lowest BCUT2D eigenvalue weighted by Crippen LogP contribution is -2.70. The minimum absolute atomic E-state index is 0.0180. The van der Waals surface area contributed by atoms with Crippen molar-refractivity contribution in [2.45, 2.75) is 147 Å². The van der Waals surface area contributed by atoms with Gasteiger partial charge >= 0.3 is 0 Å². The Morgan fingerprint density at radius 1 is 0.855 bits per heavy atom. The van der Waals surface area contributed by atoms with Crippen molar-refractivity contribution < 1.29 is 48.3 Å².